The van der Waals surface area contributed by atoms with E-state index in [2.05, 4.69) is 5.32 Å². The zero-order chi connectivity index (χ0) is 23.0. The Morgan fingerprint density at radius 2 is 2.03 bits per heavy atom. The van der Waals surface area contributed by atoms with E-state index in [4.69, 9.17) is 16.3 Å². The summed E-state index contributed by atoms with van der Waals surface area (Å²) in [5.74, 6) is 1.35. The summed E-state index contributed by atoms with van der Waals surface area (Å²) < 4.78 is 5.36. The number of carbonyl (C=O) groups is 2. The largest absolute Gasteiger partial charge is 0.497 e. The molecule has 2 fully saturated rings. The summed E-state index contributed by atoms with van der Waals surface area (Å²) in [7, 11) is 1.63. The predicted octanol–water partition coefficient (Wildman–Crippen LogP) is 5.14. The summed E-state index contributed by atoms with van der Waals surface area (Å²) in [5, 5.41) is 3.77. The van der Waals surface area contributed by atoms with Gasteiger partial charge in [0.1, 0.15) is 5.75 Å². The minimum absolute atomic E-state index is 0.0936. The van der Waals surface area contributed by atoms with E-state index in [1.807, 2.05) is 36.4 Å². The second-order valence-electron chi connectivity index (χ2n) is 8.83. The number of hydrogen-bond acceptors (Lipinski definition) is 4. The van der Waals surface area contributed by atoms with Crippen molar-refractivity contribution in [3.8, 4) is 5.75 Å². The first-order valence-electron chi connectivity index (χ1n) is 11.5. The summed E-state index contributed by atoms with van der Waals surface area (Å²) in [6.07, 6.45) is 5.49. The summed E-state index contributed by atoms with van der Waals surface area (Å²) >= 11 is 7.91. The van der Waals surface area contributed by atoms with Gasteiger partial charge >= 0.3 is 6.03 Å². The summed E-state index contributed by atoms with van der Waals surface area (Å²) in [6.45, 7) is 0.916. The molecule has 1 saturated heterocycles. The van der Waals surface area contributed by atoms with Gasteiger partial charge in [0, 0.05) is 28.9 Å². The number of ether oxygens (including phenoxy) is 1. The molecule has 2 aromatic carbocycles. The first-order chi connectivity index (χ1) is 16.0. The maximum absolute atomic E-state index is 14.1. The normalized spacial score (nSPS) is 22.7. The molecule has 1 spiro atoms. The molecule has 3 aliphatic rings. The highest BCUT2D eigenvalue weighted by Gasteiger charge is 2.59. The third-order valence-corrected chi connectivity index (χ3v) is 8.46. The van der Waals surface area contributed by atoms with Crippen molar-refractivity contribution in [2.45, 2.75) is 49.6 Å². The van der Waals surface area contributed by atoms with Crippen LogP contribution in [0.4, 0.5) is 10.5 Å². The van der Waals surface area contributed by atoms with Gasteiger partial charge in [0.2, 0.25) is 0 Å². The SMILES string of the molecule is COc1cccc(CN2C(=O)C3(SCCN3C(=O)NC3CCCCC3)c3cc(Cl)ccc32)c1. The van der Waals surface area contributed by atoms with E-state index in [1.54, 1.807) is 23.0 Å². The van der Waals surface area contributed by atoms with E-state index in [1.165, 1.54) is 18.2 Å². The molecule has 1 aliphatic carbocycles. The number of carbonyl (C=O) groups excluding carboxylic acids is 2. The van der Waals surface area contributed by atoms with E-state index < -0.39 is 4.87 Å². The molecule has 1 atom stereocenters. The zero-order valence-corrected chi connectivity index (χ0v) is 20.3. The number of anilines is 1. The number of amides is 3. The first kappa shape index (κ1) is 22.4. The highest BCUT2D eigenvalue weighted by atomic mass is 35.5. The third kappa shape index (κ3) is 3.95. The maximum atomic E-state index is 14.1. The lowest BCUT2D eigenvalue weighted by Gasteiger charge is -2.35. The van der Waals surface area contributed by atoms with Crippen LogP contribution in [0.3, 0.4) is 0 Å². The van der Waals surface area contributed by atoms with E-state index >= 15 is 0 Å². The lowest BCUT2D eigenvalue weighted by Crippen LogP contribution is -2.55. The Kier molecular flexibility index (Phi) is 6.18. The van der Waals surface area contributed by atoms with Gasteiger partial charge in [-0.15, -0.1) is 11.8 Å². The van der Waals surface area contributed by atoms with Crippen LogP contribution in [0.1, 0.15) is 43.2 Å². The summed E-state index contributed by atoms with van der Waals surface area (Å²) in [4.78, 5) is 29.9. The van der Waals surface area contributed by atoms with Crippen LogP contribution in [0.25, 0.3) is 0 Å². The van der Waals surface area contributed by atoms with Crippen LogP contribution in [0.15, 0.2) is 42.5 Å². The van der Waals surface area contributed by atoms with Crippen molar-refractivity contribution in [1.29, 1.82) is 0 Å². The minimum Gasteiger partial charge on any atom is -0.497 e. The second-order valence-corrected chi connectivity index (χ2v) is 10.6. The number of hydrogen-bond donors (Lipinski definition) is 1. The molecule has 174 valence electrons. The molecule has 1 unspecified atom stereocenters. The molecule has 0 aromatic heterocycles. The van der Waals surface area contributed by atoms with Crippen LogP contribution in [-0.2, 0) is 16.2 Å². The Labute approximate surface area is 203 Å². The monoisotopic (exact) mass is 485 g/mol. The van der Waals surface area contributed by atoms with Gasteiger partial charge in [-0.05, 0) is 48.7 Å². The second kappa shape index (κ2) is 9.11. The Morgan fingerprint density at radius 1 is 1.21 bits per heavy atom. The average molecular weight is 486 g/mol. The fourth-order valence-corrected chi connectivity index (χ4v) is 6.82. The summed E-state index contributed by atoms with van der Waals surface area (Å²) in [5.41, 5.74) is 2.56. The highest BCUT2D eigenvalue weighted by molar-refractivity contribution is 8.01. The number of fused-ring (bicyclic) bond motifs is 2. The van der Waals surface area contributed by atoms with Crippen LogP contribution < -0.4 is 15.0 Å². The van der Waals surface area contributed by atoms with Crippen LogP contribution >= 0.6 is 23.4 Å². The molecule has 8 heteroatoms. The number of nitrogens with one attached hydrogen (secondary N) is 1. The van der Waals surface area contributed by atoms with Gasteiger partial charge in [0.15, 0.2) is 4.87 Å². The molecular formula is C25H28ClN3O3S. The molecule has 1 saturated carbocycles. The van der Waals surface area contributed by atoms with Crippen molar-refractivity contribution < 1.29 is 14.3 Å². The van der Waals surface area contributed by atoms with Crippen LogP contribution in [0, 0.1) is 0 Å². The van der Waals surface area contributed by atoms with Crippen LogP contribution in [-0.4, -0.2) is 42.3 Å². The Morgan fingerprint density at radius 3 is 2.82 bits per heavy atom. The molecule has 3 amide bonds. The molecule has 2 heterocycles. The number of nitrogens with zero attached hydrogens (tertiary/aromatic N) is 2. The maximum Gasteiger partial charge on any atom is 0.319 e. The Balaban J connectivity index is 1.49. The molecule has 6 nitrogen and oxygen atoms in total. The van der Waals surface area contributed by atoms with E-state index in [-0.39, 0.29) is 18.0 Å². The van der Waals surface area contributed by atoms with Crippen LogP contribution in [0.5, 0.6) is 5.75 Å². The molecule has 0 radical (unpaired) electrons. The van der Waals surface area contributed by atoms with E-state index in [9.17, 15) is 9.59 Å². The molecule has 2 aliphatic heterocycles. The van der Waals surface area contributed by atoms with Gasteiger partial charge in [-0.1, -0.05) is 43.0 Å². The van der Waals surface area contributed by atoms with Crippen LogP contribution in [0.2, 0.25) is 5.02 Å². The lowest BCUT2D eigenvalue weighted by atomic mass is 9.95. The van der Waals surface area contributed by atoms with Gasteiger partial charge in [-0.2, -0.15) is 0 Å². The van der Waals surface area contributed by atoms with Crippen molar-refractivity contribution in [3.05, 3.63) is 58.6 Å². The number of thioether (sulfide) groups is 1. The molecule has 5 rings (SSSR count). The smallest absolute Gasteiger partial charge is 0.319 e. The molecule has 1 N–H and O–H groups in total. The molecule has 2 aromatic rings. The van der Waals surface area contributed by atoms with Crippen molar-refractivity contribution in [2.75, 3.05) is 24.3 Å². The number of rotatable bonds is 4. The quantitative estimate of drug-likeness (QED) is 0.651. The molecule has 0 bridgehead atoms. The van der Waals surface area contributed by atoms with Gasteiger partial charge in [-0.3, -0.25) is 9.69 Å². The van der Waals surface area contributed by atoms with Crippen molar-refractivity contribution in [1.82, 2.24) is 10.2 Å². The fraction of sp³-hybridized carbons (Fsp3) is 0.440. The highest BCUT2D eigenvalue weighted by Crippen LogP contribution is 2.55. The van der Waals surface area contributed by atoms with E-state index in [0.717, 1.165) is 48.2 Å². The zero-order valence-electron chi connectivity index (χ0n) is 18.7. The van der Waals surface area contributed by atoms with Gasteiger partial charge in [0.05, 0.1) is 19.3 Å². The summed E-state index contributed by atoms with van der Waals surface area (Å²) in [6, 6.07) is 13.3. The van der Waals surface area contributed by atoms with Gasteiger partial charge in [0.25, 0.3) is 5.91 Å². The number of methoxy groups -OCH3 is 1. The van der Waals surface area contributed by atoms with Crippen molar-refractivity contribution in [2.24, 2.45) is 0 Å². The van der Waals surface area contributed by atoms with E-state index in [0.29, 0.717) is 23.9 Å². The number of urea groups is 1. The Bertz CT molecular complexity index is 1070. The number of benzene rings is 2. The van der Waals surface area contributed by atoms with Crippen molar-refractivity contribution >= 4 is 41.0 Å². The first-order valence-corrected chi connectivity index (χ1v) is 12.9. The average Bonchev–Trinajstić information content (AvgIpc) is 3.37. The lowest BCUT2D eigenvalue weighted by molar-refractivity contribution is -0.123. The third-order valence-electron chi connectivity index (χ3n) is 6.81. The Hall–Kier alpha value is -2.38. The standard InChI is InChI=1S/C25H28ClN3O3S/c1-32-20-9-5-6-17(14-20)16-28-22-11-10-18(26)15-21(22)25(23(28)30)29(12-13-33-25)24(31)27-19-7-3-2-4-8-19/h5-6,9-11,14-15,19H,2-4,7-8,12-13,16H2,1H3,(H,27,31). The number of halogens is 1. The van der Waals surface area contributed by atoms with Gasteiger partial charge in [-0.25, -0.2) is 4.79 Å². The topological polar surface area (TPSA) is 61.9 Å². The predicted molar refractivity (Wildman–Crippen MR) is 132 cm³/mol. The fourth-order valence-electron chi connectivity index (χ4n) is 5.20. The molecular weight excluding hydrogens is 458 g/mol. The minimum atomic E-state index is -1.09. The molecule has 33 heavy (non-hydrogen) atoms. The van der Waals surface area contributed by atoms with Crippen molar-refractivity contribution in [3.63, 3.8) is 0 Å². The van der Waals surface area contributed by atoms with Gasteiger partial charge < -0.3 is 15.0 Å².